The summed E-state index contributed by atoms with van der Waals surface area (Å²) in [6, 6.07) is 12.9. The van der Waals surface area contributed by atoms with Crippen molar-refractivity contribution in [3.8, 4) is 0 Å². The average Bonchev–Trinajstić information content (AvgIpc) is 3.26. The number of halogens is 1. The van der Waals surface area contributed by atoms with Gasteiger partial charge >= 0.3 is 5.97 Å². The number of carbonyl (C=O) groups excluding carboxylic acids is 3. The third-order valence-electron chi connectivity index (χ3n) is 3.96. The molecule has 0 saturated carbocycles. The van der Waals surface area contributed by atoms with Gasteiger partial charge in [0.25, 0.3) is 11.8 Å². The predicted octanol–water partition coefficient (Wildman–Crippen LogP) is 3.39. The molecule has 2 N–H and O–H groups in total. The van der Waals surface area contributed by atoms with Crippen molar-refractivity contribution in [2.24, 2.45) is 0 Å². The van der Waals surface area contributed by atoms with E-state index in [1.165, 1.54) is 49.8 Å². The van der Waals surface area contributed by atoms with Gasteiger partial charge in [-0.15, -0.1) is 0 Å². The van der Waals surface area contributed by atoms with Crippen LogP contribution < -0.4 is 10.6 Å². The highest BCUT2D eigenvalue weighted by atomic mass is 19.1. The second-order valence-electron chi connectivity index (χ2n) is 6.03. The zero-order valence-electron chi connectivity index (χ0n) is 15.4. The molecule has 3 aromatic rings. The van der Waals surface area contributed by atoms with Crippen LogP contribution in [0.5, 0.6) is 0 Å². The van der Waals surface area contributed by atoms with Crippen LogP contribution in [0.15, 0.2) is 65.3 Å². The Bertz CT molecular complexity index is 1050. The molecule has 8 heteroatoms. The Morgan fingerprint density at radius 2 is 1.83 bits per heavy atom. The van der Waals surface area contributed by atoms with Gasteiger partial charge in [-0.25, -0.2) is 9.18 Å². The zero-order chi connectivity index (χ0) is 20.8. The van der Waals surface area contributed by atoms with Crippen molar-refractivity contribution < 1.29 is 27.9 Å². The lowest BCUT2D eigenvalue weighted by Gasteiger charge is -2.11. The maximum absolute atomic E-state index is 13.3. The van der Waals surface area contributed by atoms with Crippen LogP contribution in [0.25, 0.3) is 0 Å². The first-order chi connectivity index (χ1) is 14.0. The smallest absolute Gasteiger partial charge is 0.337 e. The molecule has 0 fully saturated rings. The molecule has 0 spiro atoms. The summed E-state index contributed by atoms with van der Waals surface area (Å²) < 4.78 is 23.1. The number of hydrogen-bond donors (Lipinski definition) is 2. The number of rotatable bonds is 6. The first kappa shape index (κ1) is 19.8. The van der Waals surface area contributed by atoms with Crippen molar-refractivity contribution >= 4 is 23.5 Å². The minimum atomic E-state index is -0.600. The van der Waals surface area contributed by atoms with E-state index in [0.29, 0.717) is 11.3 Å². The van der Waals surface area contributed by atoms with Crippen molar-refractivity contribution in [2.75, 3.05) is 12.4 Å². The summed E-state index contributed by atoms with van der Waals surface area (Å²) in [7, 11) is 1.24. The van der Waals surface area contributed by atoms with E-state index in [1.54, 1.807) is 12.1 Å². The summed E-state index contributed by atoms with van der Waals surface area (Å²) in [5.74, 6) is -1.99. The second kappa shape index (κ2) is 8.83. The van der Waals surface area contributed by atoms with E-state index in [9.17, 15) is 18.8 Å². The largest absolute Gasteiger partial charge is 0.465 e. The number of ether oxygens (including phenoxy) is 1. The molecule has 0 aliphatic rings. The first-order valence-electron chi connectivity index (χ1n) is 8.57. The lowest BCUT2D eigenvalue weighted by Crippen LogP contribution is -2.23. The van der Waals surface area contributed by atoms with E-state index < -0.39 is 23.6 Å². The third-order valence-corrected chi connectivity index (χ3v) is 3.96. The van der Waals surface area contributed by atoms with E-state index in [-0.39, 0.29) is 23.4 Å². The van der Waals surface area contributed by atoms with E-state index in [4.69, 9.17) is 9.15 Å². The Kier molecular flexibility index (Phi) is 6.03. The molecule has 0 radical (unpaired) electrons. The van der Waals surface area contributed by atoms with Gasteiger partial charge in [0.2, 0.25) is 0 Å². The maximum Gasteiger partial charge on any atom is 0.337 e. The first-order valence-corrected chi connectivity index (χ1v) is 8.57. The molecule has 0 aliphatic carbocycles. The van der Waals surface area contributed by atoms with Crippen molar-refractivity contribution in [3.05, 3.63) is 89.1 Å². The number of anilines is 1. The fourth-order valence-electron chi connectivity index (χ4n) is 2.62. The number of furan rings is 1. The number of hydrogen-bond acceptors (Lipinski definition) is 5. The van der Waals surface area contributed by atoms with Gasteiger partial charge in [0.05, 0.1) is 18.9 Å². The number of esters is 1. The summed E-state index contributed by atoms with van der Waals surface area (Å²) in [5.41, 5.74) is 1.22. The van der Waals surface area contributed by atoms with Gasteiger partial charge in [-0.3, -0.25) is 9.59 Å². The molecule has 0 atom stereocenters. The molecule has 2 aromatic carbocycles. The Hall–Kier alpha value is -3.94. The van der Waals surface area contributed by atoms with Gasteiger partial charge in [0, 0.05) is 17.8 Å². The molecule has 0 unspecified atom stereocenters. The molecule has 1 aromatic heterocycles. The van der Waals surface area contributed by atoms with Gasteiger partial charge < -0.3 is 19.8 Å². The van der Waals surface area contributed by atoms with Gasteiger partial charge in [-0.1, -0.05) is 6.07 Å². The molecule has 3 rings (SSSR count). The highest BCUT2D eigenvalue weighted by Crippen LogP contribution is 2.18. The Balaban J connectivity index is 1.78. The van der Waals surface area contributed by atoms with E-state index in [2.05, 4.69) is 10.6 Å². The van der Waals surface area contributed by atoms with Crippen molar-refractivity contribution in [2.45, 2.75) is 6.54 Å². The topological polar surface area (TPSA) is 97.6 Å². The maximum atomic E-state index is 13.3. The Morgan fingerprint density at radius 3 is 2.52 bits per heavy atom. The van der Waals surface area contributed by atoms with Crippen molar-refractivity contribution in [1.29, 1.82) is 0 Å². The summed E-state index contributed by atoms with van der Waals surface area (Å²) in [4.78, 5) is 36.4. The zero-order valence-corrected chi connectivity index (χ0v) is 15.4. The highest BCUT2D eigenvalue weighted by molar-refractivity contribution is 6.03. The van der Waals surface area contributed by atoms with E-state index >= 15 is 0 Å². The third kappa shape index (κ3) is 5.07. The van der Waals surface area contributed by atoms with Gasteiger partial charge in [-0.2, -0.15) is 0 Å². The van der Waals surface area contributed by atoms with Gasteiger partial charge in [-0.05, 0) is 54.1 Å². The normalized spacial score (nSPS) is 10.3. The molecular weight excluding hydrogens is 379 g/mol. The lowest BCUT2D eigenvalue weighted by molar-refractivity contribution is 0.0600. The van der Waals surface area contributed by atoms with Gasteiger partial charge in [0.15, 0.2) is 5.76 Å². The quantitative estimate of drug-likeness (QED) is 0.623. The minimum absolute atomic E-state index is 0.0454. The molecule has 0 bridgehead atoms. The minimum Gasteiger partial charge on any atom is -0.465 e. The highest BCUT2D eigenvalue weighted by Gasteiger charge is 2.14. The van der Waals surface area contributed by atoms with Crippen LogP contribution in [0.1, 0.15) is 36.8 Å². The summed E-state index contributed by atoms with van der Waals surface area (Å²) in [6.07, 6.45) is 1.37. The van der Waals surface area contributed by atoms with Crippen LogP contribution in [-0.2, 0) is 11.3 Å². The van der Waals surface area contributed by atoms with Crippen molar-refractivity contribution in [3.63, 3.8) is 0 Å². The summed E-state index contributed by atoms with van der Waals surface area (Å²) in [6.45, 7) is 0.0454. The molecule has 1 heterocycles. The fourth-order valence-corrected chi connectivity index (χ4v) is 2.62. The van der Waals surface area contributed by atoms with E-state index in [1.807, 2.05) is 0 Å². The fraction of sp³-hybridized carbons (Fsp3) is 0.0952. The lowest BCUT2D eigenvalue weighted by atomic mass is 10.1. The average molecular weight is 396 g/mol. The van der Waals surface area contributed by atoms with E-state index in [0.717, 1.165) is 6.07 Å². The molecule has 0 saturated heterocycles. The Morgan fingerprint density at radius 1 is 1.00 bits per heavy atom. The van der Waals surface area contributed by atoms with Crippen LogP contribution >= 0.6 is 0 Å². The molecule has 148 valence electrons. The SMILES string of the molecule is COC(=O)c1cc(CNC(=O)c2cccc(F)c2)cc(NC(=O)c2ccco2)c1. The standard InChI is InChI=1S/C21H17FN2O5/c1-28-21(27)15-8-13(12-23-19(25)14-4-2-5-16(22)10-14)9-17(11-15)24-20(26)18-6-3-7-29-18/h2-11H,12H2,1H3,(H,23,25)(H,24,26). The molecular formula is C21H17FN2O5. The summed E-state index contributed by atoms with van der Waals surface area (Å²) >= 11 is 0. The molecule has 7 nitrogen and oxygen atoms in total. The Labute approximate surface area is 165 Å². The molecule has 0 aliphatic heterocycles. The number of methoxy groups -OCH3 is 1. The number of nitrogens with one attached hydrogen (secondary N) is 2. The second-order valence-corrected chi connectivity index (χ2v) is 6.03. The van der Waals surface area contributed by atoms with Crippen LogP contribution in [0, 0.1) is 5.82 Å². The molecule has 2 amide bonds. The number of carbonyl (C=O) groups is 3. The van der Waals surface area contributed by atoms with Crippen LogP contribution in [-0.4, -0.2) is 24.9 Å². The number of benzene rings is 2. The molecule has 29 heavy (non-hydrogen) atoms. The summed E-state index contributed by atoms with van der Waals surface area (Å²) in [5, 5.41) is 5.27. The van der Waals surface area contributed by atoms with Crippen LogP contribution in [0.3, 0.4) is 0 Å². The monoisotopic (exact) mass is 396 g/mol. The van der Waals surface area contributed by atoms with Crippen molar-refractivity contribution in [1.82, 2.24) is 5.32 Å². The van der Waals surface area contributed by atoms with Crippen LogP contribution in [0.2, 0.25) is 0 Å². The van der Waals surface area contributed by atoms with Crippen LogP contribution in [0.4, 0.5) is 10.1 Å². The number of amides is 2. The van der Waals surface area contributed by atoms with Gasteiger partial charge in [0.1, 0.15) is 5.82 Å². The predicted molar refractivity (Wildman–Crippen MR) is 102 cm³/mol.